The van der Waals surface area contributed by atoms with Crippen LogP contribution in [0.4, 0.5) is 0 Å². The number of piperidine rings is 1. The molecule has 1 fully saturated rings. The Bertz CT molecular complexity index is 1010. The van der Waals surface area contributed by atoms with Crippen molar-refractivity contribution in [1.82, 2.24) is 14.5 Å². The highest BCUT2D eigenvalue weighted by Crippen LogP contribution is 2.31. The summed E-state index contributed by atoms with van der Waals surface area (Å²) in [5.41, 5.74) is 4.23. The van der Waals surface area contributed by atoms with E-state index in [1.807, 2.05) is 49.4 Å². The molecule has 1 N–H and O–H groups in total. The van der Waals surface area contributed by atoms with Gasteiger partial charge in [0.1, 0.15) is 0 Å². The van der Waals surface area contributed by atoms with Crippen molar-refractivity contribution in [3.8, 4) is 11.1 Å². The van der Waals surface area contributed by atoms with E-state index in [4.69, 9.17) is 0 Å². The van der Waals surface area contributed by atoms with Crippen molar-refractivity contribution in [2.75, 3.05) is 13.1 Å². The number of nitrogens with one attached hydrogen (secondary N) is 1. The summed E-state index contributed by atoms with van der Waals surface area (Å²) >= 11 is 0. The zero-order valence-electron chi connectivity index (χ0n) is 15.3. The molecule has 0 spiro atoms. The third kappa shape index (κ3) is 3.55. The van der Waals surface area contributed by atoms with Gasteiger partial charge >= 0.3 is 0 Å². The maximum Gasteiger partial charge on any atom is 0.243 e. The fourth-order valence-corrected chi connectivity index (χ4v) is 5.29. The number of hydrogen-bond acceptors (Lipinski definition) is 3. The molecule has 5 nitrogen and oxygen atoms in total. The van der Waals surface area contributed by atoms with Crippen LogP contribution in [0.15, 0.2) is 65.7 Å². The Hall–Kier alpha value is -2.44. The van der Waals surface area contributed by atoms with E-state index in [-0.39, 0.29) is 5.92 Å². The van der Waals surface area contributed by atoms with Crippen molar-refractivity contribution < 1.29 is 8.42 Å². The molecule has 1 saturated heterocycles. The lowest BCUT2D eigenvalue weighted by Gasteiger charge is -2.31. The summed E-state index contributed by atoms with van der Waals surface area (Å²) in [4.78, 5) is 0.351. The molecule has 6 heteroatoms. The number of H-pyrrole nitrogens is 1. The van der Waals surface area contributed by atoms with Crippen molar-refractivity contribution in [1.29, 1.82) is 0 Å². The SMILES string of the molecule is Cc1cn[nH]c1C1CCCN(S(=O)(=O)c2ccc(-c3ccccc3)cc2)C1. The number of benzene rings is 2. The summed E-state index contributed by atoms with van der Waals surface area (Å²) in [6.07, 6.45) is 3.62. The lowest BCUT2D eigenvalue weighted by atomic mass is 9.94. The highest BCUT2D eigenvalue weighted by molar-refractivity contribution is 7.89. The van der Waals surface area contributed by atoms with E-state index < -0.39 is 10.0 Å². The molecule has 0 radical (unpaired) electrons. The summed E-state index contributed by atoms with van der Waals surface area (Å²) in [5, 5.41) is 7.13. The summed E-state index contributed by atoms with van der Waals surface area (Å²) in [6, 6.07) is 17.1. The minimum absolute atomic E-state index is 0.166. The van der Waals surface area contributed by atoms with Gasteiger partial charge in [-0.05, 0) is 48.6 Å². The standard InChI is InChI=1S/C21H23N3O2S/c1-16-14-22-23-21(16)19-8-5-13-24(15-19)27(25,26)20-11-9-18(10-12-20)17-6-3-2-4-7-17/h2-4,6-7,9-12,14,19H,5,8,13,15H2,1H3,(H,22,23). The molecule has 0 bridgehead atoms. The van der Waals surface area contributed by atoms with Gasteiger partial charge in [-0.3, -0.25) is 5.10 Å². The fourth-order valence-electron chi connectivity index (χ4n) is 3.77. The molecule has 2 aromatic carbocycles. The predicted octanol–water partition coefficient (Wildman–Crippen LogP) is 3.95. The van der Waals surface area contributed by atoms with Gasteiger partial charge in [-0.25, -0.2) is 8.42 Å². The number of aromatic nitrogens is 2. The molecule has 1 atom stereocenters. The molecule has 1 unspecified atom stereocenters. The van der Waals surface area contributed by atoms with Gasteiger partial charge in [0.2, 0.25) is 10.0 Å². The minimum atomic E-state index is -3.50. The quantitative estimate of drug-likeness (QED) is 0.744. The van der Waals surface area contributed by atoms with Crippen LogP contribution in [-0.2, 0) is 10.0 Å². The van der Waals surface area contributed by atoms with Crippen LogP contribution < -0.4 is 0 Å². The van der Waals surface area contributed by atoms with E-state index in [0.717, 1.165) is 35.2 Å². The molecular formula is C21H23N3O2S. The zero-order chi connectivity index (χ0) is 18.9. The van der Waals surface area contributed by atoms with Gasteiger partial charge in [0.15, 0.2) is 0 Å². The highest BCUT2D eigenvalue weighted by Gasteiger charge is 2.32. The van der Waals surface area contributed by atoms with Gasteiger partial charge in [-0.1, -0.05) is 42.5 Å². The Morgan fingerprint density at radius 1 is 1.04 bits per heavy atom. The van der Waals surface area contributed by atoms with Crippen LogP contribution >= 0.6 is 0 Å². The lowest BCUT2D eigenvalue weighted by Crippen LogP contribution is -2.39. The number of aromatic amines is 1. The molecule has 0 amide bonds. The maximum atomic E-state index is 13.1. The van der Waals surface area contributed by atoms with Crippen LogP contribution in [0.1, 0.15) is 30.0 Å². The number of rotatable bonds is 4. The van der Waals surface area contributed by atoms with Gasteiger partial charge in [0.05, 0.1) is 11.1 Å². The summed E-state index contributed by atoms with van der Waals surface area (Å²) in [7, 11) is -3.50. The van der Waals surface area contributed by atoms with E-state index >= 15 is 0 Å². The average molecular weight is 382 g/mol. The van der Waals surface area contributed by atoms with Gasteiger partial charge in [0.25, 0.3) is 0 Å². The second-order valence-corrected chi connectivity index (χ2v) is 9.00. The van der Waals surface area contributed by atoms with Crippen molar-refractivity contribution >= 4 is 10.0 Å². The second kappa shape index (κ2) is 7.29. The largest absolute Gasteiger partial charge is 0.282 e. The number of aryl methyl sites for hydroxylation is 1. The van der Waals surface area contributed by atoms with Crippen LogP contribution in [0.5, 0.6) is 0 Å². The van der Waals surface area contributed by atoms with Crippen LogP contribution in [0.2, 0.25) is 0 Å². The molecule has 2 heterocycles. The third-order valence-electron chi connectivity index (χ3n) is 5.26. The van der Waals surface area contributed by atoms with Crippen LogP contribution in [0.25, 0.3) is 11.1 Å². The van der Waals surface area contributed by atoms with E-state index in [0.29, 0.717) is 18.0 Å². The topological polar surface area (TPSA) is 66.1 Å². The Labute approximate surface area is 160 Å². The lowest BCUT2D eigenvalue weighted by molar-refractivity contribution is 0.312. The molecule has 1 aliphatic heterocycles. The third-order valence-corrected chi connectivity index (χ3v) is 7.14. The van der Waals surface area contributed by atoms with Gasteiger partial charge < -0.3 is 0 Å². The predicted molar refractivity (Wildman–Crippen MR) is 106 cm³/mol. The van der Waals surface area contributed by atoms with Gasteiger partial charge in [-0.15, -0.1) is 0 Å². The first-order valence-corrected chi connectivity index (χ1v) is 10.7. The minimum Gasteiger partial charge on any atom is -0.282 e. The highest BCUT2D eigenvalue weighted by atomic mass is 32.2. The zero-order valence-corrected chi connectivity index (χ0v) is 16.1. The first kappa shape index (κ1) is 17.9. The summed E-state index contributed by atoms with van der Waals surface area (Å²) < 4.78 is 27.9. The number of hydrogen-bond donors (Lipinski definition) is 1. The Kier molecular flexibility index (Phi) is 4.85. The van der Waals surface area contributed by atoms with Crippen molar-refractivity contribution in [3.63, 3.8) is 0 Å². The van der Waals surface area contributed by atoms with Crippen LogP contribution in [-0.4, -0.2) is 36.0 Å². The monoisotopic (exact) mass is 381 g/mol. The number of sulfonamides is 1. The summed E-state index contributed by atoms with van der Waals surface area (Å²) in [6.45, 7) is 3.06. The van der Waals surface area contributed by atoms with E-state index in [1.54, 1.807) is 22.6 Å². The molecule has 140 valence electrons. The van der Waals surface area contributed by atoms with Crippen LogP contribution in [0, 0.1) is 6.92 Å². The Balaban J connectivity index is 1.56. The summed E-state index contributed by atoms with van der Waals surface area (Å²) in [5.74, 6) is 0.166. The molecular weight excluding hydrogens is 358 g/mol. The van der Waals surface area contributed by atoms with Crippen molar-refractivity contribution in [3.05, 3.63) is 72.1 Å². The maximum absolute atomic E-state index is 13.1. The van der Waals surface area contributed by atoms with Crippen molar-refractivity contribution in [2.24, 2.45) is 0 Å². The molecule has 1 aliphatic rings. The normalized spacial score (nSPS) is 18.5. The Morgan fingerprint density at radius 3 is 2.41 bits per heavy atom. The number of nitrogens with zero attached hydrogens (tertiary/aromatic N) is 2. The first-order chi connectivity index (χ1) is 13.1. The van der Waals surface area contributed by atoms with Gasteiger partial charge in [0, 0.05) is 24.7 Å². The second-order valence-electron chi connectivity index (χ2n) is 7.06. The molecule has 0 aliphatic carbocycles. The van der Waals surface area contributed by atoms with Crippen molar-refractivity contribution in [2.45, 2.75) is 30.6 Å². The van der Waals surface area contributed by atoms with E-state index in [1.165, 1.54) is 0 Å². The molecule has 1 aromatic heterocycles. The Morgan fingerprint density at radius 2 is 1.74 bits per heavy atom. The first-order valence-electron chi connectivity index (χ1n) is 9.21. The smallest absolute Gasteiger partial charge is 0.243 e. The molecule has 0 saturated carbocycles. The molecule has 3 aromatic rings. The van der Waals surface area contributed by atoms with Crippen LogP contribution in [0.3, 0.4) is 0 Å². The van der Waals surface area contributed by atoms with E-state index in [2.05, 4.69) is 10.2 Å². The average Bonchev–Trinajstić information content (AvgIpc) is 3.15. The molecule has 27 heavy (non-hydrogen) atoms. The van der Waals surface area contributed by atoms with E-state index in [9.17, 15) is 8.42 Å². The fraction of sp³-hybridized carbons (Fsp3) is 0.286. The molecule has 4 rings (SSSR count). The van der Waals surface area contributed by atoms with Gasteiger partial charge in [-0.2, -0.15) is 9.40 Å².